The van der Waals surface area contributed by atoms with Crippen molar-refractivity contribution in [2.75, 3.05) is 55.6 Å². The number of nitrogens with zero attached hydrogens (tertiary/aromatic N) is 11. The van der Waals surface area contributed by atoms with E-state index in [0.717, 1.165) is 0 Å². The van der Waals surface area contributed by atoms with Gasteiger partial charge in [0, 0.05) is 132 Å². The van der Waals surface area contributed by atoms with Gasteiger partial charge in [-0.05, 0) is 36.8 Å². The van der Waals surface area contributed by atoms with E-state index in [9.17, 15) is 52.7 Å². The molecule has 87 heavy (non-hydrogen) atoms. The molecule has 33 heteroatoms. The second-order valence-corrected chi connectivity index (χ2v) is 20.0. The monoisotopic (exact) mass is 1200 g/mol. The number of imidazole rings is 3. The fourth-order valence-corrected chi connectivity index (χ4v) is 8.95. The Balaban J connectivity index is 0.760. The van der Waals surface area contributed by atoms with Crippen LogP contribution in [0.15, 0.2) is 79.9 Å². The van der Waals surface area contributed by atoms with Crippen LogP contribution in [0.25, 0.3) is 0 Å². The summed E-state index contributed by atoms with van der Waals surface area (Å²) in [5.41, 5.74) is 2.47. The summed E-state index contributed by atoms with van der Waals surface area (Å²) >= 11 is 0. The van der Waals surface area contributed by atoms with E-state index in [2.05, 4.69) is 68.1 Å². The number of carbonyl (C=O) groups excluding carboxylic acids is 10. The van der Waals surface area contributed by atoms with Gasteiger partial charge in [-0.25, -0.2) is 15.0 Å². The lowest BCUT2D eigenvalue weighted by Gasteiger charge is -2.06. The van der Waals surface area contributed by atoms with Gasteiger partial charge >= 0.3 is 5.97 Å². The maximum atomic E-state index is 13.4. The molecule has 0 atom stereocenters. The average molecular weight is 1200 g/mol. The second-order valence-electron chi connectivity index (χ2n) is 20.0. The standard InChI is InChI=1S/C54H61N21O12/c1-28(76)57-29-15-38(70(4)20-29)51(84)66-40-26-75(9)46(64-40)54(87)67-41-27-74(8)45(65-41)53(86)60-32-17-34(69(3)23-32)47(80)55-13-10-11-42(77)62-39-25-73(7)44(63-39)52(85)61-33-19-37(72(6)24-33)50(83)59-31-18-36(71(5)22-31)49(82)58-30-16-35(68(2)21-30)48(81)56-14-12-43(78)79/h15-27H,10-14H2,1-9H3,(H,55,80)(H,56,81)(H,57,76)(H,58,82)(H,59,83)(H,60,86)(H,61,85)(H,62,77)(H,66,84)(H,67,87)(H,78,79). The first-order valence-corrected chi connectivity index (χ1v) is 26.4. The summed E-state index contributed by atoms with van der Waals surface area (Å²) in [6.45, 7) is 1.37. The van der Waals surface area contributed by atoms with Crippen LogP contribution in [0.4, 0.5) is 45.9 Å². The molecule has 8 rings (SSSR count). The highest BCUT2D eigenvalue weighted by atomic mass is 16.4. The Morgan fingerprint density at radius 2 is 0.655 bits per heavy atom. The molecular weight excluding hydrogens is 1130 g/mol. The number of aliphatic carboxylic acids is 1. The number of carboxylic acid groups (broad SMARTS) is 1. The largest absolute Gasteiger partial charge is 0.481 e. The van der Waals surface area contributed by atoms with Crippen LogP contribution < -0.4 is 53.2 Å². The minimum atomic E-state index is -1.06. The van der Waals surface area contributed by atoms with Crippen molar-refractivity contribution in [1.29, 1.82) is 0 Å². The summed E-state index contributed by atoms with van der Waals surface area (Å²) in [6.07, 6.45) is 11.9. The van der Waals surface area contributed by atoms with Gasteiger partial charge in [0.2, 0.25) is 29.3 Å². The molecule has 8 aromatic rings. The summed E-state index contributed by atoms with van der Waals surface area (Å²) in [5, 5.41) is 35.4. The van der Waals surface area contributed by atoms with Crippen molar-refractivity contribution >= 4 is 111 Å². The fourth-order valence-electron chi connectivity index (χ4n) is 8.95. The predicted octanol–water partition coefficient (Wildman–Crippen LogP) is 2.41. The summed E-state index contributed by atoms with van der Waals surface area (Å²) in [7, 11) is 12.7. The van der Waals surface area contributed by atoms with E-state index in [1.165, 1.54) is 117 Å². The smallest absolute Gasteiger partial charge is 0.305 e. The molecular formula is C54H61N21O12. The third-order valence-electron chi connectivity index (χ3n) is 13.0. The molecule has 0 aromatic carbocycles. The van der Waals surface area contributed by atoms with Crippen molar-refractivity contribution in [1.82, 2.24) is 62.1 Å². The molecule has 0 unspecified atom stereocenters. The zero-order valence-corrected chi connectivity index (χ0v) is 48.4. The van der Waals surface area contributed by atoms with Crippen LogP contribution in [-0.4, -0.2) is 135 Å². The summed E-state index contributed by atoms with van der Waals surface area (Å²) in [5.74, 6) is -6.47. The number of aryl methyl sites for hydroxylation is 8. The third kappa shape index (κ3) is 14.9. The number of amides is 10. The summed E-state index contributed by atoms with van der Waals surface area (Å²) < 4.78 is 11.7. The number of nitrogens with one attached hydrogen (secondary N) is 10. The van der Waals surface area contributed by atoms with Crippen LogP contribution in [0, 0.1) is 0 Å². The van der Waals surface area contributed by atoms with Crippen LogP contribution in [0.1, 0.15) is 110 Å². The maximum absolute atomic E-state index is 13.4. The highest BCUT2D eigenvalue weighted by Gasteiger charge is 2.25. The molecule has 0 saturated carbocycles. The minimum absolute atomic E-state index is 0.0238. The molecule has 8 heterocycles. The number of aromatic nitrogens is 11. The molecule has 0 fully saturated rings. The van der Waals surface area contributed by atoms with Crippen molar-refractivity contribution in [3.05, 3.63) is 126 Å². The molecule has 10 amide bonds. The summed E-state index contributed by atoms with van der Waals surface area (Å²) in [4.78, 5) is 153. The van der Waals surface area contributed by atoms with Crippen molar-refractivity contribution < 1.29 is 57.8 Å². The number of hydrogen-bond donors (Lipinski definition) is 11. The molecule has 0 radical (unpaired) electrons. The first-order chi connectivity index (χ1) is 41.2. The zero-order chi connectivity index (χ0) is 63.1. The Kier molecular flexibility index (Phi) is 18.2. The molecule has 8 aromatic heterocycles. The number of carbonyl (C=O) groups is 11. The van der Waals surface area contributed by atoms with Gasteiger partial charge < -0.3 is 94.8 Å². The van der Waals surface area contributed by atoms with E-state index >= 15 is 0 Å². The predicted molar refractivity (Wildman–Crippen MR) is 313 cm³/mol. The van der Waals surface area contributed by atoms with Gasteiger partial charge in [0.1, 0.15) is 28.5 Å². The van der Waals surface area contributed by atoms with Gasteiger partial charge in [0.15, 0.2) is 17.5 Å². The first kappa shape index (κ1) is 61.3. The topological polar surface area (TPSA) is 406 Å². The number of anilines is 8. The average Bonchev–Trinajstić information content (AvgIpc) is 4.43. The van der Waals surface area contributed by atoms with Crippen molar-refractivity contribution in [2.24, 2.45) is 56.4 Å². The van der Waals surface area contributed by atoms with E-state index in [0.29, 0.717) is 11.4 Å². The minimum Gasteiger partial charge on any atom is -0.481 e. The van der Waals surface area contributed by atoms with Crippen LogP contribution in [0.2, 0.25) is 0 Å². The first-order valence-electron chi connectivity index (χ1n) is 26.4. The van der Waals surface area contributed by atoms with Crippen molar-refractivity contribution in [3.63, 3.8) is 0 Å². The fraction of sp³-hybridized carbons (Fsp3) is 0.259. The zero-order valence-electron chi connectivity index (χ0n) is 48.4. The van der Waals surface area contributed by atoms with Crippen LogP contribution >= 0.6 is 0 Å². The highest BCUT2D eigenvalue weighted by Crippen LogP contribution is 2.23. The SMILES string of the molecule is CC(=O)Nc1cc(C(=O)Nc2cn(C)c(C(=O)Nc3cn(C)c(C(=O)Nc4cc(C(=O)NCCCC(=O)Nc5cn(C)c(C(=O)Nc6cc(C(=O)Nc7cc(C(=O)Nc8cc(C(=O)NCCC(=O)O)n(C)c8)n(C)c7)n(C)c6)n5)n(C)c4)n3)n2)n(C)c1. The van der Waals surface area contributed by atoms with Crippen LogP contribution in [0.3, 0.4) is 0 Å². The second kappa shape index (κ2) is 25.8. The van der Waals surface area contributed by atoms with Gasteiger partial charge in [0.25, 0.3) is 47.3 Å². The number of rotatable bonds is 23. The lowest BCUT2D eigenvalue weighted by molar-refractivity contribution is -0.136. The molecule has 0 aliphatic heterocycles. The Bertz CT molecular complexity index is 4080. The molecule has 0 aliphatic carbocycles. The van der Waals surface area contributed by atoms with E-state index in [1.807, 2.05) is 0 Å². The molecule has 0 bridgehead atoms. The number of carboxylic acids is 1. The molecule has 0 saturated heterocycles. The Morgan fingerprint density at radius 3 is 1.02 bits per heavy atom. The Hall–Kier alpha value is -11.8. The van der Waals surface area contributed by atoms with E-state index in [-0.39, 0.29) is 119 Å². The normalized spacial score (nSPS) is 10.9. The van der Waals surface area contributed by atoms with Gasteiger partial charge in [-0.15, -0.1) is 0 Å². The molecule has 11 N–H and O–H groups in total. The lowest BCUT2D eigenvalue weighted by atomic mass is 10.3. The van der Waals surface area contributed by atoms with Crippen LogP contribution in [0.5, 0.6) is 0 Å². The molecule has 0 aliphatic rings. The Morgan fingerprint density at radius 1 is 0.356 bits per heavy atom. The quantitative estimate of drug-likeness (QED) is 0.0410. The van der Waals surface area contributed by atoms with E-state index < -0.39 is 59.1 Å². The van der Waals surface area contributed by atoms with Gasteiger partial charge in [-0.2, -0.15) is 0 Å². The number of hydrogen-bond acceptors (Lipinski definition) is 14. The lowest BCUT2D eigenvalue weighted by Crippen LogP contribution is -2.27. The van der Waals surface area contributed by atoms with E-state index in [4.69, 9.17) is 5.11 Å². The van der Waals surface area contributed by atoms with Gasteiger partial charge in [-0.1, -0.05) is 0 Å². The molecule has 0 spiro atoms. The van der Waals surface area contributed by atoms with E-state index in [1.54, 1.807) is 62.6 Å². The van der Waals surface area contributed by atoms with Gasteiger partial charge in [0.05, 0.1) is 34.9 Å². The van der Waals surface area contributed by atoms with Crippen molar-refractivity contribution in [2.45, 2.75) is 26.2 Å². The highest BCUT2D eigenvalue weighted by molar-refractivity contribution is 6.10. The Labute approximate surface area is 493 Å². The van der Waals surface area contributed by atoms with Crippen LogP contribution in [-0.2, 0) is 70.8 Å². The maximum Gasteiger partial charge on any atom is 0.305 e. The molecule has 454 valence electrons. The third-order valence-corrected chi connectivity index (χ3v) is 13.0. The van der Waals surface area contributed by atoms with Gasteiger partial charge in [-0.3, -0.25) is 52.7 Å². The van der Waals surface area contributed by atoms with Crippen molar-refractivity contribution in [3.8, 4) is 0 Å². The molecule has 33 nitrogen and oxygen atoms in total. The summed E-state index contributed by atoms with van der Waals surface area (Å²) in [6, 6.07) is 7.27.